The number of phenols is 1. The molecule has 0 saturated carbocycles. The fourth-order valence-corrected chi connectivity index (χ4v) is 3.51. The lowest BCUT2D eigenvalue weighted by atomic mass is 9.77. The van der Waals surface area contributed by atoms with Crippen molar-refractivity contribution in [1.29, 1.82) is 0 Å². The first-order valence-electron chi connectivity index (χ1n) is 7.56. The molecule has 1 N–H and O–H groups in total. The summed E-state index contributed by atoms with van der Waals surface area (Å²) in [5.74, 6) is 1.15. The molecule has 1 atom stereocenters. The zero-order chi connectivity index (χ0) is 14.8. The van der Waals surface area contributed by atoms with Gasteiger partial charge >= 0.3 is 0 Å². The summed E-state index contributed by atoms with van der Waals surface area (Å²) in [6.45, 7) is 10.4. The summed E-state index contributed by atoms with van der Waals surface area (Å²) in [7, 11) is 0. The number of rotatable bonds is 2. The second-order valence-electron chi connectivity index (χ2n) is 7.06. The van der Waals surface area contributed by atoms with E-state index in [-0.39, 0.29) is 0 Å². The number of halogens is 1. The van der Waals surface area contributed by atoms with Crippen LogP contribution in [0.5, 0.6) is 5.75 Å². The van der Waals surface area contributed by atoms with Crippen LogP contribution in [0.25, 0.3) is 0 Å². The second-order valence-corrected chi connectivity index (χ2v) is 7.91. The minimum atomic E-state index is 0.317. The zero-order valence-electron chi connectivity index (χ0n) is 12.8. The molecule has 20 heavy (non-hydrogen) atoms. The smallest absolute Gasteiger partial charge is 0.129 e. The molecule has 0 aromatic heterocycles. The summed E-state index contributed by atoms with van der Waals surface area (Å²) in [5, 5.41) is 9.56. The molecule has 0 spiro atoms. The van der Waals surface area contributed by atoms with Gasteiger partial charge in [0.2, 0.25) is 0 Å². The van der Waals surface area contributed by atoms with Crippen LogP contribution in [0, 0.1) is 11.3 Å². The zero-order valence-corrected chi connectivity index (χ0v) is 14.4. The summed E-state index contributed by atoms with van der Waals surface area (Å²) in [5.41, 5.74) is 1.70. The lowest BCUT2D eigenvalue weighted by Crippen LogP contribution is -2.26. The van der Waals surface area contributed by atoms with Gasteiger partial charge in [-0.3, -0.25) is 4.90 Å². The largest absolute Gasteiger partial charge is 0.507 e. The van der Waals surface area contributed by atoms with Gasteiger partial charge in [0.15, 0.2) is 0 Å². The molecule has 1 aliphatic heterocycles. The average molecular weight is 340 g/mol. The fraction of sp³-hybridized carbons (Fsp3) is 0.647. The monoisotopic (exact) mass is 339 g/mol. The van der Waals surface area contributed by atoms with E-state index in [9.17, 15) is 5.11 Å². The highest BCUT2D eigenvalue weighted by molar-refractivity contribution is 9.10. The predicted octanol–water partition coefficient (Wildman–Crippen LogP) is 4.80. The van der Waals surface area contributed by atoms with Crippen LogP contribution >= 0.6 is 15.9 Å². The Morgan fingerprint density at radius 2 is 2.00 bits per heavy atom. The molecule has 1 aromatic carbocycles. The van der Waals surface area contributed by atoms with Gasteiger partial charge in [0.1, 0.15) is 5.75 Å². The Bertz CT molecular complexity index is 453. The summed E-state index contributed by atoms with van der Waals surface area (Å²) < 4.78 is 0.789. The first kappa shape index (κ1) is 15.8. The Hall–Kier alpha value is -0.540. The van der Waals surface area contributed by atoms with Gasteiger partial charge in [0, 0.05) is 6.54 Å². The molecule has 1 fully saturated rings. The quantitative estimate of drug-likeness (QED) is 0.836. The summed E-state index contributed by atoms with van der Waals surface area (Å²) >= 11 is 3.39. The van der Waals surface area contributed by atoms with E-state index in [1.165, 1.54) is 37.9 Å². The Balaban J connectivity index is 1.95. The fourth-order valence-electron chi connectivity index (χ4n) is 3.09. The van der Waals surface area contributed by atoms with Gasteiger partial charge in [-0.05, 0) is 77.3 Å². The van der Waals surface area contributed by atoms with Crippen molar-refractivity contribution in [3.63, 3.8) is 0 Å². The third-order valence-electron chi connectivity index (χ3n) is 4.46. The standard InChI is InChI=1S/C17H26BrNO/c1-17(2,3)14-5-4-9-19(10-8-14)12-13-6-7-16(20)15(18)11-13/h6-7,11,14,20H,4-5,8-10,12H2,1-3H3. The van der Waals surface area contributed by atoms with Crippen molar-refractivity contribution < 1.29 is 5.11 Å². The van der Waals surface area contributed by atoms with Crippen LogP contribution in [0.1, 0.15) is 45.6 Å². The van der Waals surface area contributed by atoms with Gasteiger partial charge in [-0.1, -0.05) is 26.8 Å². The molecular formula is C17H26BrNO. The van der Waals surface area contributed by atoms with Crippen LogP contribution in [0.15, 0.2) is 22.7 Å². The third kappa shape index (κ3) is 4.23. The van der Waals surface area contributed by atoms with E-state index in [1.54, 1.807) is 6.07 Å². The Morgan fingerprint density at radius 3 is 2.65 bits per heavy atom. The average Bonchev–Trinajstić information content (AvgIpc) is 2.59. The topological polar surface area (TPSA) is 23.5 Å². The van der Waals surface area contributed by atoms with E-state index in [0.717, 1.165) is 16.9 Å². The molecular weight excluding hydrogens is 314 g/mol. The number of aromatic hydroxyl groups is 1. The van der Waals surface area contributed by atoms with Crippen LogP contribution in [0.2, 0.25) is 0 Å². The van der Waals surface area contributed by atoms with Crippen molar-refractivity contribution in [3.8, 4) is 5.75 Å². The number of likely N-dealkylation sites (tertiary alicyclic amines) is 1. The molecule has 2 nitrogen and oxygen atoms in total. The highest BCUT2D eigenvalue weighted by atomic mass is 79.9. The van der Waals surface area contributed by atoms with Crippen LogP contribution in [0.3, 0.4) is 0 Å². The molecule has 2 rings (SSSR count). The highest BCUT2D eigenvalue weighted by Crippen LogP contribution is 2.34. The van der Waals surface area contributed by atoms with E-state index >= 15 is 0 Å². The number of hydrogen-bond donors (Lipinski definition) is 1. The molecule has 112 valence electrons. The van der Waals surface area contributed by atoms with E-state index in [1.807, 2.05) is 12.1 Å². The predicted molar refractivity (Wildman–Crippen MR) is 87.9 cm³/mol. The molecule has 0 amide bonds. The molecule has 0 aliphatic carbocycles. The molecule has 1 saturated heterocycles. The minimum absolute atomic E-state index is 0.317. The van der Waals surface area contributed by atoms with Crippen LogP contribution < -0.4 is 0 Å². The summed E-state index contributed by atoms with van der Waals surface area (Å²) in [6, 6.07) is 5.82. The van der Waals surface area contributed by atoms with E-state index < -0.39 is 0 Å². The molecule has 0 radical (unpaired) electrons. The third-order valence-corrected chi connectivity index (χ3v) is 5.10. The van der Waals surface area contributed by atoms with Crippen molar-refractivity contribution in [1.82, 2.24) is 4.90 Å². The number of hydrogen-bond acceptors (Lipinski definition) is 2. The number of nitrogens with zero attached hydrogens (tertiary/aromatic N) is 1. The second kappa shape index (κ2) is 6.48. The van der Waals surface area contributed by atoms with Gasteiger partial charge in [-0.15, -0.1) is 0 Å². The summed E-state index contributed by atoms with van der Waals surface area (Å²) in [6.07, 6.45) is 3.93. The molecule has 1 aromatic rings. The first-order chi connectivity index (χ1) is 9.36. The maximum atomic E-state index is 9.56. The maximum absolute atomic E-state index is 9.56. The van der Waals surface area contributed by atoms with E-state index in [2.05, 4.69) is 41.6 Å². The van der Waals surface area contributed by atoms with Crippen molar-refractivity contribution in [3.05, 3.63) is 28.2 Å². The van der Waals surface area contributed by atoms with Crippen LogP contribution in [-0.4, -0.2) is 23.1 Å². The summed E-state index contributed by atoms with van der Waals surface area (Å²) in [4.78, 5) is 2.55. The van der Waals surface area contributed by atoms with Gasteiger partial charge in [-0.25, -0.2) is 0 Å². The number of benzene rings is 1. The minimum Gasteiger partial charge on any atom is -0.507 e. The number of phenolic OH excluding ortho intramolecular Hbond substituents is 1. The van der Waals surface area contributed by atoms with Gasteiger partial charge < -0.3 is 5.11 Å². The van der Waals surface area contributed by atoms with Crippen LogP contribution in [0.4, 0.5) is 0 Å². The van der Waals surface area contributed by atoms with Crippen molar-refractivity contribution >= 4 is 15.9 Å². The van der Waals surface area contributed by atoms with Gasteiger partial charge in [0.05, 0.1) is 4.47 Å². The lowest BCUT2D eigenvalue weighted by Gasteiger charge is -2.29. The molecule has 1 heterocycles. The molecule has 0 bridgehead atoms. The maximum Gasteiger partial charge on any atom is 0.129 e. The first-order valence-corrected chi connectivity index (χ1v) is 8.35. The molecule has 1 aliphatic rings. The Morgan fingerprint density at radius 1 is 1.25 bits per heavy atom. The SMILES string of the molecule is CC(C)(C)C1CCCN(Cc2ccc(O)c(Br)c2)CC1. The van der Waals surface area contributed by atoms with Gasteiger partial charge in [-0.2, -0.15) is 0 Å². The Labute approximate surface area is 131 Å². The van der Waals surface area contributed by atoms with Crippen molar-refractivity contribution in [2.45, 2.75) is 46.6 Å². The van der Waals surface area contributed by atoms with Crippen LogP contribution in [-0.2, 0) is 6.54 Å². The molecule has 3 heteroatoms. The Kier molecular flexibility index (Phi) is 5.14. The normalized spacial score (nSPS) is 21.7. The van der Waals surface area contributed by atoms with Crippen molar-refractivity contribution in [2.24, 2.45) is 11.3 Å². The lowest BCUT2D eigenvalue weighted by molar-refractivity contribution is 0.206. The van der Waals surface area contributed by atoms with E-state index in [4.69, 9.17) is 0 Å². The van der Waals surface area contributed by atoms with Gasteiger partial charge in [0.25, 0.3) is 0 Å². The highest BCUT2D eigenvalue weighted by Gasteiger charge is 2.26. The van der Waals surface area contributed by atoms with E-state index in [0.29, 0.717) is 11.2 Å². The molecule has 1 unspecified atom stereocenters. The van der Waals surface area contributed by atoms with Crippen molar-refractivity contribution in [2.75, 3.05) is 13.1 Å².